The molecule has 0 aliphatic carbocycles. The number of hydrogen-bond donors (Lipinski definition) is 0. The van der Waals surface area contributed by atoms with E-state index in [1.165, 1.54) is 20.6 Å². The van der Waals surface area contributed by atoms with Gasteiger partial charge in [0.2, 0.25) is 0 Å². The Hall–Kier alpha value is -1.62. The molecule has 17 heavy (non-hydrogen) atoms. The third kappa shape index (κ3) is 2.39. The van der Waals surface area contributed by atoms with E-state index < -0.39 is 0 Å². The second-order valence-electron chi connectivity index (χ2n) is 3.99. The Morgan fingerprint density at radius 1 is 1.53 bits per heavy atom. The van der Waals surface area contributed by atoms with Crippen LogP contribution in [0, 0.1) is 6.92 Å². The van der Waals surface area contributed by atoms with Crippen LogP contribution in [0.4, 0.5) is 4.79 Å². The topological polar surface area (TPSA) is 38.1 Å². The molecule has 0 N–H and O–H groups in total. The number of nitrogens with zero attached hydrogens (tertiary/aromatic N) is 3. The monoisotopic (exact) mass is 249 g/mol. The van der Waals surface area contributed by atoms with Crippen LogP contribution in [0.5, 0.6) is 0 Å². The number of aryl methyl sites for hydroxylation is 1. The van der Waals surface area contributed by atoms with Crippen molar-refractivity contribution in [2.24, 2.45) is 0 Å². The van der Waals surface area contributed by atoms with Crippen LogP contribution < -0.4 is 0 Å². The number of amides is 1. The minimum Gasteiger partial charge on any atom is -0.320 e. The minimum absolute atomic E-state index is 0.0685. The maximum Gasteiger partial charge on any atom is 0.329 e. The number of thiophene rings is 1. The zero-order chi connectivity index (χ0) is 12.4. The molecule has 1 atom stereocenters. The number of hydrogen-bond acceptors (Lipinski definition) is 3. The first-order valence-corrected chi connectivity index (χ1v) is 6.22. The smallest absolute Gasteiger partial charge is 0.320 e. The zero-order valence-corrected chi connectivity index (χ0v) is 10.9. The lowest BCUT2D eigenvalue weighted by Crippen LogP contribution is -2.32. The minimum atomic E-state index is -0.0685. The molecule has 0 spiro atoms. The molecule has 0 radical (unpaired) electrons. The molecular weight excluding hydrogens is 234 g/mol. The SMILES string of the molecule is Cc1ccc(C(C)N(C)C(=O)n2ccnc2)s1. The van der Waals surface area contributed by atoms with Gasteiger partial charge in [-0.1, -0.05) is 0 Å². The van der Waals surface area contributed by atoms with Crippen LogP contribution >= 0.6 is 11.3 Å². The van der Waals surface area contributed by atoms with E-state index in [2.05, 4.69) is 24.0 Å². The molecule has 4 nitrogen and oxygen atoms in total. The fraction of sp³-hybridized carbons (Fsp3) is 0.333. The molecule has 0 fully saturated rings. The lowest BCUT2D eigenvalue weighted by atomic mass is 10.2. The summed E-state index contributed by atoms with van der Waals surface area (Å²) in [6.07, 6.45) is 4.78. The maximum atomic E-state index is 12.1. The van der Waals surface area contributed by atoms with Gasteiger partial charge in [-0.05, 0) is 26.0 Å². The molecule has 1 unspecified atom stereocenters. The second-order valence-corrected chi connectivity index (χ2v) is 5.31. The molecule has 90 valence electrons. The zero-order valence-electron chi connectivity index (χ0n) is 10.1. The number of aromatic nitrogens is 2. The van der Waals surface area contributed by atoms with Gasteiger partial charge in [0, 0.05) is 29.2 Å². The van der Waals surface area contributed by atoms with Gasteiger partial charge in [0.1, 0.15) is 6.33 Å². The molecule has 0 saturated carbocycles. The van der Waals surface area contributed by atoms with Gasteiger partial charge >= 0.3 is 6.03 Å². The number of carbonyl (C=O) groups is 1. The highest BCUT2D eigenvalue weighted by Gasteiger charge is 2.19. The van der Waals surface area contributed by atoms with E-state index in [9.17, 15) is 4.79 Å². The van der Waals surface area contributed by atoms with Gasteiger partial charge in [-0.15, -0.1) is 11.3 Å². The van der Waals surface area contributed by atoms with Crippen molar-refractivity contribution in [2.75, 3.05) is 7.05 Å². The highest BCUT2D eigenvalue weighted by Crippen LogP contribution is 2.26. The van der Waals surface area contributed by atoms with Crippen molar-refractivity contribution in [3.8, 4) is 0 Å². The number of rotatable bonds is 2. The first-order chi connectivity index (χ1) is 8.09. The van der Waals surface area contributed by atoms with E-state index >= 15 is 0 Å². The molecule has 2 aromatic rings. The summed E-state index contributed by atoms with van der Waals surface area (Å²) in [5.41, 5.74) is 0. The molecule has 0 aliphatic heterocycles. The summed E-state index contributed by atoms with van der Waals surface area (Å²) in [5.74, 6) is 0. The molecule has 5 heteroatoms. The second kappa shape index (κ2) is 4.71. The van der Waals surface area contributed by atoms with Crippen LogP contribution in [0.2, 0.25) is 0 Å². The summed E-state index contributed by atoms with van der Waals surface area (Å²) in [6.45, 7) is 4.10. The van der Waals surface area contributed by atoms with Crippen molar-refractivity contribution in [3.05, 3.63) is 40.6 Å². The Labute approximate surface area is 105 Å². The van der Waals surface area contributed by atoms with Gasteiger partial charge in [-0.3, -0.25) is 4.57 Å². The van der Waals surface area contributed by atoms with Crippen LogP contribution in [-0.2, 0) is 0 Å². The average molecular weight is 249 g/mol. The van der Waals surface area contributed by atoms with Crippen LogP contribution in [0.25, 0.3) is 0 Å². The maximum absolute atomic E-state index is 12.1. The molecule has 0 bridgehead atoms. The van der Waals surface area contributed by atoms with Crippen LogP contribution in [0.3, 0.4) is 0 Å². The lowest BCUT2D eigenvalue weighted by Gasteiger charge is -2.23. The molecule has 0 saturated heterocycles. The van der Waals surface area contributed by atoms with Gasteiger partial charge in [0.25, 0.3) is 0 Å². The number of carbonyl (C=O) groups excluding carboxylic acids is 1. The average Bonchev–Trinajstić information content (AvgIpc) is 2.96. The Kier molecular flexibility index (Phi) is 3.28. The lowest BCUT2D eigenvalue weighted by molar-refractivity contribution is 0.197. The van der Waals surface area contributed by atoms with E-state index in [-0.39, 0.29) is 12.1 Å². The fourth-order valence-corrected chi connectivity index (χ4v) is 2.56. The van der Waals surface area contributed by atoms with E-state index in [1.54, 1.807) is 28.6 Å². The molecule has 1 amide bonds. The summed E-state index contributed by atoms with van der Waals surface area (Å²) in [4.78, 5) is 20.1. The molecule has 0 aromatic carbocycles. The first-order valence-electron chi connectivity index (χ1n) is 5.41. The highest BCUT2D eigenvalue weighted by atomic mass is 32.1. The molecular formula is C12H15N3OS. The van der Waals surface area contributed by atoms with Crippen molar-refractivity contribution in [1.29, 1.82) is 0 Å². The number of imidazole rings is 1. The van der Waals surface area contributed by atoms with Gasteiger partial charge in [0.15, 0.2) is 0 Å². The first kappa shape index (κ1) is 11.9. The van der Waals surface area contributed by atoms with Crippen LogP contribution in [-0.4, -0.2) is 27.5 Å². The summed E-state index contributed by atoms with van der Waals surface area (Å²) in [7, 11) is 1.81. The van der Waals surface area contributed by atoms with Crippen LogP contribution in [0.15, 0.2) is 30.9 Å². The van der Waals surface area contributed by atoms with Crippen molar-refractivity contribution in [3.63, 3.8) is 0 Å². The molecule has 2 aromatic heterocycles. The quantitative estimate of drug-likeness (QED) is 0.820. The van der Waals surface area contributed by atoms with Crippen molar-refractivity contribution >= 4 is 17.4 Å². The summed E-state index contributed by atoms with van der Waals surface area (Å²) in [6, 6.07) is 4.15. The third-order valence-corrected chi connectivity index (χ3v) is 3.95. The highest BCUT2D eigenvalue weighted by molar-refractivity contribution is 7.12. The molecule has 2 heterocycles. The Morgan fingerprint density at radius 3 is 2.82 bits per heavy atom. The Morgan fingerprint density at radius 2 is 2.29 bits per heavy atom. The summed E-state index contributed by atoms with van der Waals surface area (Å²) >= 11 is 1.72. The van der Waals surface area contributed by atoms with Gasteiger partial charge in [0.05, 0.1) is 6.04 Å². The van der Waals surface area contributed by atoms with E-state index in [0.717, 1.165) is 0 Å². The van der Waals surface area contributed by atoms with Crippen molar-refractivity contribution in [1.82, 2.24) is 14.5 Å². The van der Waals surface area contributed by atoms with Crippen molar-refractivity contribution in [2.45, 2.75) is 19.9 Å². The third-order valence-electron chi connectivity index (χ3n) is 2.78. The van der Waals surface area contributed by atoms with Gasteiger partial charge in [-0.2, -0.15) is 0 Å². The molecule has 0 aliphatic rings. The van der Waals surface area contributed by atoms with Gasteiger partial charge in [-0.25, -0.2) is 9.78 Å². The fourth-order valence-electron chi connectivity index (χ4n) is 1.59. The Balaban J connectivity index is 2.15. The van der Waals surface area contributed by atoms with E-state index in [4.69, 9.17) is 0 Å². The normalized spacial score (nSPS) is 12.4. The van der Waals surface area contributed by atoms with Crippen molar-refractivity contribution < 1.29 is 4.79 Å². The summed E-state index contributed by atoms with van der Waals surface area (Å²) < 4.78 is 1.48. The standard InChI is InChI=1S/C12H15N3OS/c1-9-4-5-11(17-9)10(2)14(3)12(16)15-7-6-13-8-15/h4-8,10H,1-3H3. The Bertz CT molecular complexity index is 504. The summed E-state index contributed by atoms with van der Waals surface area (Å²) in [5, 5.41) is 0. The largest absolute Gasteiger partial charge is 0.329 e. The molecule has 2 rings (SSSR count). The predicted octanol–water partition coefficient (Wildman–Crippen LogP) is 2.91. The van der Waals surface area contributed by atoms with Crippen LogP contribution in [0.1, 0.15) is 22.7 Å². The van der Waals surface area contributed by atoms with Gasteiger partial charge < -0.3 is 4.90 Å². The van der Waals surface area contributed by atoms with E-state index in [0.29, 0.717) is 0 Å². The predicted molar refractivity (Wildman–Crippen MR) is 68.3 cm³/mol. The van der Waals surface area contributed by atoms with E-state index in [1.807, 2.05) is 14.0 Å².